The van der Waals surface area contributed by atoms with Gasteiger partial charge in [-0.1, -0.05) is 25.1 Å². The van der Waals surface area contributed by atoms with Crippen molar-refractivity contribution in [3.05, 3.63) is 30.3 Å². The van der Waals surface area contributed by atoms with E-state index >= 15 is 0 Å². The molecular weight excluding hydrogens is 221 g/mol. The average molecular weight is 241 g/mol. The standard InChI is InChI=1S/C12H20NO2P/c1-2-10-16(14,11-6-9-13)15-12-7-4-3-5-8-12/h3-5,7-8H,2,6,9-11,13H2,1H3. The van der Waals surface area contributed by atoms with E-state index in [1.165, 1.54) is 0 Å². The maximum Gasteiger partial charge on any atom is 0.247 e. The summed E-state index contributed by atoms with van der Waals surface area (Å²) < 4.78 is 18.1. The van der Waals surface area contributed by atoms with Crippen LogP contribution in [0.15, 0.2) is 30.3 Å². The van der Waals surface area contributed by atoms with E-state index in [2.05, 4.69) is 0 Å². The molecule has 3 nitrogen and oxygen atoms in total. The molecular formula is C12H20NO2P. The van der Waals surface area contributed by atoms with Gasteiger partial charge in [0.05, 0.1) is 0 Å². The highest BCUT2D eigenvalue weighted by Gasteiger charge is 2.22. The minimum Gasteiger partial charge on any atom is -0.443 e. The molecule has 0 saturated heterocycles. The van der Waals surface area contributed by atoms with Crippen LogP contribution in [0.25, 0.3) is 0 Å². The molecule has 0 aliphatic heterocycles. The van der Waals surface area contributed by atoms with Crippen molar-refractivity contribution in [1.82, 2.24) is 0 Å². The van der Waals surface area contributed by atoms with Crippen LogP contribution in [0, 0.1) is 0 Å². The van der Waals surface area contributed by atoms with Crippen LogP contribution in [0.2, 0.25) is 0 Å². The summed E-state index contributed by atoms with van der Waals surface area (Å²) in [5.74, 6) is 0.691. The third-order valence-electron chi connectivity index (χ3n) is 2.28. The van der Waals surface area contributed by atoms with Gasteiger partial charge in [0.2, 0.25) is 7.37 Å². The number of benzene rings is 1. The molecule has 2 N–H and O–H groups in total. The molecule has 16 heavy (non-hydrogen) atoms. The summed E-state index contributed by atoms with van der Waals surface area (Å²) >= 11 is 0. The first kappa shape index (κ1) is 13.3. The first-order chi connectivity index (χ1) is 7.70. The summed E-state index contributed by atoms with van der Waals surface area (Å²) in [7, 11) is -2.54. The Hall–Kier alpha value is -0.790. The van der Waals surface area contributed by atoms with Crippen LogP contribution in [0.5, 0.6) is 5.75 Å². The van der Waals surface area contributed by atoms with E-state index in [9.17, 15) is 4.57 Å². The Morgan fingerprint density at radius 3 is 2.50 bits per heavy atom. The van der Waals surface area contributed by atoms with Gasteiger partial charge >= 0.3 is 0 Å². The number of para-hydroxylation sites is 1. The van der Waals surface area contributed by atoms with Gasteiger partial charge in [0.1, 0.15) is 5.75 Å². The predicted molar refractivity (Wildman–Crippen MR) is 68.4 cm³/mol. The Kier molecular flexibility index (Phi) is 5.58. The van der Waals surface area contributed by atoms with Gasteiger partial charge in [0, 0.05) is 12.3 Å². The van der Waals surface area contributed by atoms with Gasteiger partial charge in [-0.2, -0.15) is 0 Å². The third kappa shape index (κ3) is 4.38. The molecule has 90 valence electrons. The van der Waals surface area contributed by atoms with Gasteiger partial charge in [-0.15, -0.1) is 0 Å². The lowest BCUT2D eigenvalue weighted by molar-refractivity contribution is 0.478. The van der Waals surface area contributed by atoms with E-state index in [4.69, 9.17) is 10.3 Å². The Labute approximate surface area is 97.5 Å². The normalized spacial score (nSPS) is 14.4. The minimum atomic E-state index is -2.54. The van der Waals surface area contributed by atoms with E-state index in [-0.39, 0.29) is 0 Å². The van der Waals surface area contributed by atoms with Gasteiger partial charge in [-0.05, 0) is 31.5 Å². The van der Waals surface area contributed by atoms with Crippen LogP contribution < -0.4 is 10.3 Å². The molecule has 0 amide bonds. The summed E-state index contributed by atoms with van der Waals surface area (Å²) in [6.07, 6.45) is 2.83. The lowest BCUT2D eigenvalue weighted by Gasteiger charge is -2.18. The lowest BCUT2D eigenvalue weighted by atomic mass is 10.3. The fourth-order valence-electron chi connectivity index (χ4n) is 1.55. The Morgan fingerprint density at radius 2 is 1.94 bits per heavy atom. The molecule has 1 aromatic carbocycles. The molecule has 1 unspecified atom stereocenters. The second-order valence-corrected chi connectivity index (χ2v) is 6.51. The molecule has 0 spiro atoms. The minimum absolute atomic E-state index is 0.561. The van der Waals surface area contributed by atoms with E-state index in [0.29, 0.717) is 24.6 Å². The highest BCUT2D eigenvalue weighted by Crippen LogP contribution is 2.47. The van der Waals surface area contributed by atoms with Gasteiger partial charge < -0.3 is 10.3 Å². The van der Waals surface area contributed by atoms with Crippen molar-refractivity contribution in [1.29, 1.82) is 0 Å². The molecule has 1 atom stereocenters. The molecule has 0 aromatic heterocycles. The molecule has 4 heteroatoms. The van der Waals surface area contributed by atoms with Crippen molar-refractivity contribution in [3.63, 3.8) is 0 Å². The van der Waals surface area contributed by atoms with Crippen molar-refractivity contribution in [2.24, 2.45) is 5.73 Å². The van der Waals surface area contributed by atoms with Crippen LogP contribution in [-0.4, -0.2) is 18.9 Å². The van der Waals surface area contributed by atoms with E-state index in [1.54, 1.807) is 0 Å². The zero-order valence-electron chi connectivity index (χ0n) is 9.76. The van der Waals surface area contributed by atoms with Crippen LogP contribution in [0.4, 0.5) is 0 Å². The van der Waals surface area contributed by atoms with Crippen LogP contribution >= 0.6 is 7.37 Å². The highest BCUT2D eigenvalue weighted by molar-refractivity contribution is 7.59. The van der Waals surface area contributed by atoms with E-state index in [1.807, 2.05) is 37.3 Å². The summed E-state index contributed by atoms with van der Waals surface area (Å²) in [6.45, 7) is 2.58. The van der Waals surface area contributed by atoms with Crippen molar-refractivity contribution >= 4 is 7.37 Å². The number of hydrogen-bond donors (Lipinski definition) is 1. The zero-order chi connectivity index (χ0) is 11.9. The third-order valence-corrected chi connectivity index (χ3v) is 4.95. The Bertz CT molecular complexity index is 340. The molecule has 0 aliphatic carbocycles. The number of rotatable bonds is 7. The summed E-state index contributed by atoms with van der Waals surface area (Å²) in [5, 5.41) is 0. The summed E-state index contributed by atoms with van der Waals surface area (Å²) in [4.78, 5) is 0. The topological polar surface area (TPSA) is 52.3 Å². The smallest absolute Gasteiger partial charge is 0.247 e. The van der Waals surface area contributed by atoms with Gasteiger partial charge in [0.15, 0.2) is 0 Å². The van der Waals surface area contributed by atoms with Gasteiger partial charge in [0.25, 0.3) is 0 Å². The van der Waals surface area contributed by atoms with Crippen molar-refractivity contribution in [2.45, 2.75) is 19.8 Å². The average Bonchev–Trinajstić information content (AvgIpc) is 2.28. The fourth-order valence-corrected chi connectivity index (χ4v) is 3.81. The van der Waals surface area contributed by atoms with Crippen LogP contribution in [0.3, 0.4) is 0 Å². The molecule has 1 aromatic rings. The number of nitrogens with two attached hydrogens (primary N) is 1. The lowest BCUT2D eigenvalue weighted by Crippen LogP contribution is -2.07. The second-order valence-electron chi connectivity index (χ2n) is 3.81. The Balaban J connectivity index is 2.67. The number of hydrogen-bond acceptors (Lipinski definition) is 3. The SMILES string of the molecule is CCCP(=O)(CCCN)Oc1ccccc1. The van der Waals surface area contributed by atoms with Crippen molar-refractivity contribution in [3.8, 4) is 5.75 Å². The quantitative estimate of drug-likeness (QED) is 0.746. The predicted octanol–water partition coefficient (Wildman–Crippen LogP) is 3.10. The molecule has 0 heterocycles. The molecule has 0 bridgehead atoms. The summed E-state index contributed by atoms with van der Waals surface area (Å²) in [6, 6.07) is 9.36. The van der Waals surface area contributed by atoms with Gasteiger partial charge in [-0.3, -0.25) is 4.57 Å². The largest absolute Gasteiger partial charge is 0.443 e. The molecule has 0 radical (unpaired) electrons. The highest BCUT2D eigenvalue weighted by atomic mass is 31.2. The van der Waals surface area contributed by atoms with Crippen molar-refractivity contribution < 1.29 is 9.09 Å². The fraction of sp³-hybridized carbons (Fsp3) is 0.500. The second kappa shape index (κ2) is 6.72. The monoisotopic (exact) mass is 241 g/mol. The maximum atomic E-state index is 12.5. The summed E-state index contributed by atoms with van der Waals surface area (Å²) in [5.41, 5.74) is 5.45. The zero-order valence-corrected chi connectivity index (χ0v) is 10.7. The van der Waals surface area contributed by atoms with Crippen LogP contribution in [0.1, 0.15) is 19.8 Å². The van der Waals surface area contributed by atoms with Crippen LogP contribution in [-0.2, 0) is 4.57 Å². The molecule has 0 fully saturated rings. The first-order valence-electron chi connectivity index (χ1n) is 5.73. The van der Waals surface area contributed by atoms with Gasteiger partial charge in [-0.25, -0.2) is 0 Å². The molecule has 0 saturated carbocycles. The molecule has 0 aliphatic rings. The van der Waals surface area contributed by atoms with Crippen molar-refractivity contribution in [2.75, 3.05) is 18.9 Å². The first-order valence-corrected chi connectivity index (χ1v) is 7.72. The molecule has 1 rings (SSSR count). The van der Waals surface area contributed by atoms with E-state index in [0.717, 1.165) is 12.8 Å². The maximum absolute atomic E-state index is 12.5. The van der Waals surface area contributed by atoms with E-state index < -0.39 is 7.37 Å². The Morgan fingerprint density at radius 1 is 1.25 bits per heavy atom.